The number of carbonyl (C=O) groups excluding carboxylic acids is 1. The second kappa shape index (κ2) is 8.06. The molecular weight excluding hydrogens is 240 g/mol. The van der Waals surface area contributed by atoms with Crippen LogP contribution in [0.5, 0.6) is 0 Å². The van der Waals surface area contributed by atoms with E-state index in [1.165, 1.54) is 0 Å². The van der Waals surface area contributed by atoms with Crippen molar-refractivity contribution in [2.45, 2.75) is 26.5 Å². The van der Waals surface area contributed by atoms with Crippen LogP contribution in [0.1, 0.15) is 19.4 Å². The van der Waals surface area contributed by atoms with E-state index in [2.05, 4.69) is 5.32 Å². The number of halogens is 1. The van der Waals surface area contributed by atoms with E-state index in [4.69, 9.17) is 10.5 Å². The van der Waals surface area contributed by atoms with Gasteiger partial charge in [-0.2, -0.15) is 0 Å². The molecule has 5 heteroatoms. The molecule has 0 aliphatic rings. The summed E-state index contributed by atoms with van der Waals surface area (Å²) in [5.74, 6) is -0.137. The number of hydrogen-bond acceptors (Lipinski definition) is 3. The second-order valence-corrected chi connectivity index (χ2v) is 3.49. The number of carbonyl (C=O) groups is 1. The van der Waals surface area contributed by atoms with Gasteiger partial charge in [-0.1, -0.05) is 12.1 Å². The third-order valence-corrected chi connectivity index (χ3v) is 2.24. The number of nitrogens with one attached hydrogen (secondary N) is 1. The number of nitrogens with two attached hydrogens (primary N) is 1. The van der Waals surface area contributed by atoms with Gasteiger partial charge in [0.15, 0.2) is 0 Å². The monoisotopic (exact) mass is 258 g/mol. The summed E-state index contributed by atoms with van der Waals surface area (Å²) in [4.78, 5) is 11.6. The first-order chi connectivity index (χ1) is 7.67. The van der Waals surface area contributed by atoms with E-state index in [1.807, 2.05) is 31.2 Å². The summed E-state index contributed by atoms with van der Waals surface area (Å²) < 4.78 is 5.19. The third kappa shape index (κ3) is 5.17. The van der Waals surface area contributed by atoms with Gasteiger partial charge in [0.1, 0.15) is 6.10 Å². The zero-order valence-electron chi connectivity index (χ0n) is 10.1. The van der Waals surface area contributed by atoms with Crippen LogP contribution in [0.25, 0.3) is 0 Å². The van der Waals surface area contributed by atoms with E-state index in [1.54, 1.807) is 6.92 Å². The number of amides is 1. The molecule has 1 amide bonds. The van der Waals surface area contributed by atoms with Crippen LogP contribution in [0.2, 0.25) is 0 Å². The quantitative estimate of drug-likeness (QED) is 0.848. The van der Waals surface area contributed by atoms with E-state index >= 15 is 0 Å². The summed E-state index contributed by atoms with van der Waals surface area (Å²) >= 11 is 0. The van der Waals surface area contributed by atoms with E-state index in [0.717, 1.165) is 11.3 Å². The number of ether oxygens (including phenoxy) is 1. The Morgan fingerprint density at radius 3 is 2.47 bits per heavy atom. The molecule has 1 aromatic rings. The topological polar surface area (TPSA) is 64.3 Å². The Morgan fingerprint density at radius 1 is 1.41 bits per heavy atom. The fourth-order valence-electron chi connectivity index (χ4n) is 1.29. The van der Waals surface area contributed by atoms with Gasteiger partial charge in [-0.15, -0.1) is 12.4 Å². The lowest BCUT2D eigenvalue weighted by Gasteiger charge is -2.12. The summed E-state index contributed by atoms with van der Waals surface area (Å²) in [7, 11) is 0. The molecule has 0 bridgehead atoms. The molecule has 0 saturated carbocycles. The van der Waals surface area contributed by atoms with E-state index in [-0.39, 0.29) is 18.3 Å². The van der Waals surface area contributed by atoms with Gasteiger partial charge >= 0.3 is 0 Å². The van der Waals surface area contributed by atoms with Crippen molar-refractivity contribution in [2.75, 3.05) is 11.9 Å². The summed E-state index contributed by atoms with van der Waals surface area (Å²) in [6, 6.07) is 7.44. The Bertz CT molecular complexity index is 341. The molecule has 0 heterocycles. The average molecular weight is 259 g/mol. The molecule has 0 radical (unpaired) electrons. The van der Waals surface area contributed by atoms with Gasteiger partial charge in [0.2, 0.25) is 0 Å². The van der Waals surface area contributed by atoms with Gasteiger partial charge in [0.25, 0.3) is 5.91 Å². The Hall–Kier alpha value is -1.10. The number of hydrogen-bond donors (Lipinski definition) is 2. The molecule has 17 heavy (non-hydrogen) atoms. The standard InChI is InChI=1S/C12H18N2O2.ClH/c1-3-16-9(2)12(15)14-11-6-4-10(8-13)5-7-11;/h4-7,9H,3,8,13H2,1-2H3,(H,14,15);1H. The number of anilines is 1. The molecule has 1 atom stereocenters. The highest BCUT2D eigenvalue weighted by molar-refractivity contribution is 5.93. The lowest BCUT2D eigenvalue weighted by Crippen LogP contribution is -2.27. The van der Waals surface area contributed by atoms with Crippen molar-refractivity contribution < 1.29 is 9.53 Å². The van der Waals surface area contributed by atoms with Crippen LogP contribution in [0.15, 0.2) is 24.3 Å². The van der Waals surface area contributed by atoms with Gasteiger partial charge < -0.3 is 15.8 Å². The summed E-state index contributed by atoms with van der Waals surface area (Å²) in [5.41, 5.74) is 7.28. The number of benzene rings is 1. The lowest BCUT2D eigenvalue weighted by molar-refractivity contribution is -0.126. The summed E-state index contributed by atoms with van der Waals surface area (Å²) in [5, 5.41) is 2.77. The minimum atomic E-state index is -0.431. The van der Waals surface area contributed by atoms with Gasteiger partial charge in [-0.3, -0.25) is 4.79 Å². The van der Waals surface area contributed by atoms with E-state index in [0.29, 0.717) is 13.2 Å². The first kappa shape index (κ1) is 15.9. The van der Waals surface area contributed by atoms with Crippen molar-refractivity contribution in [1.29, 1.82) is 0 Å². The van der Waals surface area contributed by atoms with Crippen LogP contribution in [-0.4, -0.2) is 18.6 Å². The van der Waals surface area contributed by atoms with Crippen molar-refractivity contribution in [3.63, 3.8) is 0 Å². The highest BCUT2D eigenvalue weighted by Crippen LogP contribution is 2.09. The van der Waals surface area contributed by atoms with Crippen molar-refractivity contribution in [3.8, 4) is 0 Å². The largest absolute Gasteiger partial charge is 0.369 e. The normalized spacial score (nSPS) is 11.5. The molecule has 0 fully saturated rings. The Labute approximate surface area is 108 Å². The molecule has 0 aliphatic heterocycles. The zero-order chi connectivity index (χ0) is 12.0. The molecule has 1 aromatic carbocycles. The van der Waals surface area contributed by atoms with Crippen LogP contribution in [0.3, 0.4) is 0 Å². The highest BCUT2D eigenvalue weighted by Gasteiger charge is 2.12. The van der Waals surface area contributed by atoms with Gasteiger partial charge in [0.05, 0.1) is 0 Å². The molecule has 96 valence electrons. The van der Waals surface area contributed by atoms with Crippen molar-refractivity contribution in [1.82, 2.24) is 0 Å². The van der Waals surface area contributed by atoms with Crippen LogP contribution >= 0.6 is 12.4 Å². The summed E-state index contributed by atoms with van der Waals surface area (Å²) in [6.45, 7) is 4.62. The van der Waals surface area contributed by atoms with Gasteiger partial charge in [-0.05, 0) is 31.5 Å². The van der Waals surface area contributed by atoms with Gasteiger partial charge in [-0.25, -0.2) is 0 Å². The predicted molar refractivity (Wildman–Crippen MR) is 71.3 cm³/mol. The molecule has 0 aromatic heterocycles. The maximum atomic E-state index is 11.6. The SMILES string of the molecule is CCOC(C)C(=O)Nc1ccc(CN)cc1.Cl. The molecule has 4 nitrogen and oxygen atoms in total. The lowest BCUT2D eigenvalue weighted by atomic mass is 10.2. The minimum absolute atomic E-state index is 0. The fraction of sp³-hybridized carbons (Fsp3) is 0.417. The van der Waals surface area contributed by atoms with Crippen molar-refractivity contribution >= 4 is 24.0 Å². The highest BCUT2D eigenvalue weighted by atomic mass is 35.5. The Morgan fingerprint density at radius 2 is 2.00 bits per heavy atom. The fourth-order valence-corrected chi connectivity index (χ4v) is 1.29. The molecule has 1 rings (SSSR count). The molecule has 3 N–H and O–H groups in total. The second-order valence-electron chi connectivity index (χ2n) is 3.49. The van der Waals surface area contributed by atoms with E-state index in [9.17, 15) is 4.79 Å². The van der Waals surface area contributed by atoms with Crippen LogP contribution in [0, 0.1) is 0 Å². The molecule has 0 aliphatic carbocycles. The maximum absolute atomic E-state index is 11.6. The van der Waals surface area contributed by atoms with Crippen molar-refractivity contribution in [2.24, 2.45) is 5.73 Å². The smallest absolute Gasteiger partial charge is 0.253 e. The first-order valence-electron chi connectivity index (χ1n) is 5.38. The predicted octanol–water partition coefficient (Wildman–Crippen LogP) is 1.93. The van der Waals surface area contributed by atoms with Crippen LogP contribution in [-0.2, 0) is 16.1 Å². The van der Waals surface area contributed by atoms with Gasteiger partial charge in [0, 0.05) is 18.8 Å². The molecule has 1 unspecified atom stereocenters. The van der Waals surface area contributed by atoms with Crippen LogP contribution in [0.4, 0.5) is 5.69 Å². The third-order valence-electron chi connectivity index (χ3n) is 2.24. The van der Waals surface area contributed by atoms with Crippen molar-refractivity contribution in [3.05, 3.63) is 29.8 Å². The summed E-state index contributed by atoms with van der Waals surface area (Å²) in [6.07, 6.45) is -0.431. The minimum Gasteiger partial charge on any atom is -0.369 e. The van der Waals surface area contributed by atoms with E-state index < -0.39 is 6.10 Å². The zero-order valence-corrected chi connectivity index (χ0v) is 10.9. The maximum Gasteiger partial charge on any atom is 0.253 e. The average Bonchev–Trinajstić information content (AvgIpc) is 2.30. The molecule has 0 saturated heterocycles. The number of rotatable bonds is 5. The Kier molecular flexibility index (Phi) is 7.54. The Balaban J connectivity index is 0.00000256. The molecule has 0 spiro atoms. The van der Waals surface area contributed by atoms with Crippen LogP contribution < -0.4 is 11.1 Å². The molecular formula is C12H19ClN2O2. The first-order valence-corrected chi connectivity index (χ1v) is 5.38.